The van der Waals surface area contributed by atoms with Crippen LogP contribution in [-0.4, -0.2) is 107 Å². The first-order chi connectivity index (χ1) is 28.2. The maximum absolute atomic E-state index is 13.6. The molecule has 2 saturated carbocycles. The Morgan fingerprint density at radius 1 is 0.862 bits per heavy atom. The van der Waals surface area contributed by atoms with Crippen LogP contribution in [0.1, 0.15) is 73.8 Å². The number of benzene rings is 2. The van der Waals surface area contributed by atoms with Gasteiger partial charge in [0.1, 0.15) is 11.3 Å². The summed E-state index contributed by atoms with van der Waals surface area (Å²) in [5.41, 5.74) is 2.93. The van der Waals surface area contributed by atoms with Gasteiger partial charge in [0.2, 0.25) is 11.8 Å². The summed E-state index contributed by atoms with van der Waals surface area (Å²) in [5.74, 6) is 0.630. The van der Waals surface area contributed by atoms with Crippen molar-refractivity contribution in [2.45, 2.75) is 63.5 Å². The van der Waals surface area contributed by atoms with Crippen LogP contribution in [0.3, 0.4) is 0 Å². The molecule has 0 spiro atoms. The van der Waals surface area contributed by atoms with Crippen LogP contribution in [0.2, 0.25) is 0 Å². The van der Waals surface area contributed by atoms with Crippen LogP contribution < -0.4 is 30.7 Å². The summed E-state index contributed by atoms with van der Waals surface area (Å²) >= 11 is 0. The highest BCUT2D eigenvalue weighted by molar-refractivity contribution is 6.06. The topological polar surface area (TPSA) is 154 Å². The Kier molecular flexibility index (Phi) is 10.4. The summed E-state index contributed by atoms with van der Waals surface area (Å²) in [6.45, 7) is 6.23. The van der Waals surface area contributed by atoms with Crippen LogP contribution in [-0.2, 0) is 9.59 Å². The van der Waals surface area contributed by atoms with Gasteiger partial charge in [-0.1, -0.05) is 0 Å². The summed E-state index contributed by atoms with van der Waals surface area (Å²) in [6, 6.07) is 14.9. The van der Waals surface area contributed by atoms with Crippen LogP contribution >= 0.6 is 0 Å². The highest BCUT2D eigenvalue weighted by Crippen LogP contribution is 2.36. The highest BCUT2D eigenvalue weighted by Gasteiger charge is 2.34. The second-order valence-corrected chi connectivity index (χ2v) is 16.5. The third-order valence-corrected chi connectivity index (χ3v) is 12.8. The molecule has 5 heterocycles. The second-order valence-electron chi connectivity index (χ2n) is 16.5. The minimum absolute atomic E-state index is 0.0219. The number of urea groups is 1. The molecule has 1 atom stereocenters. The van der Waals surface area contributed by atoms with E-state index in [0.717, 1.165) is 106 Å². The number of carbonyl (C=O) groups excluding carboxylic acids is 4. The number of amides is 5. The Bertz CT molecular complexity index is 2270. The van der Waals surface area contributed by atoms with Crippen molar-refractivity contribution >= 4 is 51.7 Å². The zero-order valence-electron chi connectivity index (χ0n) is 33.0. The first-order valence-electron chi connectivity index (χ1n) is 20.8. The number of anilines is 3. The number of piperazine rings is 1. The zero-order chi connectivity index (χ0) is 39.9. The largest absolute Gasteiger partial charge is 0.494 e. The molecule has 4 aromatic rings. The standard InChI is InChI=1S/C43H51N9O6/c1-58-38-24-36-30(23-37(38)44-40(54)35-3-2-16-50(42(35)56)32-12-13-32)27-52(46-36)34-6-4-28(5-7-34)25-47-19-21-48(22-20-47)41(55)29-14-17-49(26-29)31-8-10-33(11-9-31)51-18-15-39(53)45-43(51)57/h2-3,8-11,16,23-24,27-29,32,34H,4-7,12-15,17-22,25-26H2,1H3,(H,44,54)(H,45,53,57)/t28?,29-,34?/m1/s1. The predicted molar refractivity (Wildman–Crippen MR) is 219 cm³/mol. The molecule has 58 heavy (non-hydrogen) atoms. The number of imide groups is 1. The molecule has 15 nitrogen and oxygen atoms in total. The van der Waals surface area contributed by atoms with Crippen LogP contribution in [0.4, 0.5) is 21.9 Å². The molecule has 3 saturated heterocycles. The molecular weight excluding hydrogens is 739 g/mol. The van der Waals surface area contributed by atoms with Gasteiger partial charge in [0, 0.05) is 100 Å². The monoisotopic (exact) mass is 789 g/mol. The van der Waals surface area contributed by atoms with E-state index in [1.807, 2.05) is 36.4 Å². The Labute approximate surface area is 336 Å². The average Bonchev–Trinajstić information content (AvgIpc) is 3.80. The fraction of sp³-hybridized carbons (Fsp3) is 0.488. The number of aromatic nitrogens is 3. The minimum atomic E-state index is -0.454. The van der Waals surface area contributed by atoms with Crippen molar-refractivity contribution in [2.75, 3.05) is 74.6 Å². The molecule has 15 heteroatoms. The third-order valence-electron chi connectivity index (χ3n) is 12.8. The summed E-state index contributed by atoms with van der Waals surface area (Å²) in [6.07, 6.45) is 11.1. The Morgan fingerprint density at radius 2 is 1.60 bits per heavy atom. The number of carbonyl (C=O) groups is 4. The van der Waals surface area contributed by atoms with E-state index in [-0.39, 0.29) is 41.3 Å². The SMILES string of the molecule is COc1cc2nn(C3CCC(CN4CCN(C(=O)[C@@H]5CCN(c6ccc(N7CCC(=O)NC7=O)cc6)C5)CC4)CC3)cc2cc1NC(=O)c1cccn(C2CC2)c1=O. The van der Waals surface area contributed by atoms with E-state index in [1.54, 1.807) is 34.9 Å². The van der Waals surface area contributed by atoms with Gasteiger partial charge >= 0.3 is 6.03 Å². The fourth-order valence-corrected chi connectivity index (χ4v) is 9.25. The molecule has 5 fully saturated rings. The molecule has 0 unspecified atom stereocenters. The fourth-order valence-electron chi connectivity index (χ4n) is 9.25. The van der Waals surface area contributed by atoms with Gasteiger partial charge in [-0.3, -0.25) is 39.0 Å². The summed E-state index contributed by atoms with van der Waals surface area (Å²) in [7, 11) is 1.56. The Balaban J connectivity index is 0.735. The molecule has 5 amide bonds. The molecule has 0 bridgehead atoms. The van der Waals surface area contributed by atoms with Crippen LogP contribution in [0, 0.1) is 11.8 Å². The Morgan fingerprint density at radius 3 is 2.33 bits per heavy atom. The van der Waals surface area contributed by atoms with Gasteiger partial charge < -0.3 is 24.4 Å². The quantitative estimate of drug-likeness (QED) is 0.234. The van der Waals surface area contributed by atoms with E-state index in [1.165, 1.54) is 0 Å². The number of pyridine rings is 1. The second kappa shape index (κ2) is 15.9. The van der Waals surface area contributed by atoms with Gasteiger partial charge in [-0.25, -0.2) is 4.79 Å². The number of nitrogens with one attached hydrogen (secondary N) is 2. The lowest BCUT2D eigenvalue weighted by atomic mass is 9.85. The molecular formula is C43H51N9O6. The summed E-state index contributed by atoms with van der Waals surface area (Å²) in [5, 5.41) is 11.1. The molecule has 2 aliphatic carbocycles. The van der Waals surface area contributed by atoms with Gasteiger partial charge in [0.05, 0.1) is 30.3 Å². The van der Waals surface area contributed by atoms with E-state index in [0.29, 0.717) is 36.5 Å². The number of ether oxygens (including phenoxy) is 1. The first-order valence-corrected chi connectivity index (χ1v) is 20.8. The molecule has 5 aliphatic rings. The van der Waals surface area contributed by atoms with Crippen molar-refractivity contribution in [3.63, 3.8) is 0 Å². The predicted octanol–water partition coefficient (Wildman–Crippen LogP) is 4.64. The highest BCUT2D eigenvalue weighted by atomic mass is 16.5. The number of nitrogens with zero attached hydrogens (tertiary/aromatic N) is 7. The molecule has 304 valence electrons. The number of methoxy groups -OCH3 is 1. The molecule has 2 N–H and O–H groups in total. The van der Waals surface area contributed by atoms with Crippen molar-refractivity contribution in [3.05, 3.63) is 76.8 Å². The maximum atomic E-state index is 13.6. The van der Waals surface area contributed by atoms with Crippen molar-refractivity contribution < 1.29 is 23.9 Å². The van der Waals surface area contributed by atoms with Gasteiger partial charge in [-0.15, -0.1) is 0 Å². The average molecular weight is 790 g/mol. The molecule has 9 rings (SSSR count). The van der Waals surface area contributed by atoms with Gasteiger partial charge in [-0.05, 0) is 93.3 Å². The van der Waals surface area contributed by atoms with Gasteiger partial charge in [0.25, 0.3) is 11.5 Å². The van der Waals surface area contributed by atoms with Gasteiger partial charge in [-0.2, -0.15) is 5.10 Å². The number of rotatable bonds is 10. The van der Waals surface area contributed by atoms with E-state index >= 15 is 0 Å². The zero-order valence-corrected chi connectivity index (χ0v) is 33.0. The van der Waals surface area contributed by atoms with Crippen molar-refractivity contribution in [1.82, 2.24) is 29.5 Å². The van der Waals surface area contributed by atoms with Crippen LogP contribution in [0.5, 0.6) is 5.75 Å². The smallest absolute Gasteiger partial charge is 0.328 e. The lowest BCUT2D eigenvalue weighted by Gasteiger charge is -2.39. The van der Waals surface area contributed by atoms with E-state index in [4.69, 9.17) is 9.84 Å². The van der Waals surface area contributed by atoms with Crippen molar-refractivity contribution in [2.24, 2.45) is 11.8 Å². The van der Waals surface area contributed by atoms with Crippen molar-refractivity contribution in [1.29, 1.82) is 0 Å². The number of hydrogen-bond acceptors (Lipinski definition) is 9. The van der Waals surface area contributed by atoms with Crippen LogP contribution in [0.15, 0.2) is 65.7 Å². The summed E-state index contributed by atoms with van der Waals surface area (Å²) < 4.78 is 9.35. The number of fused-ring (bicyclic) bond motifs is 1. The molecule has 2 aromatic heterocycles. The van der Waals surface area contributed by atoms with Crippen molar-refractivity contribution in [3.8, 4) is 5.75 Å². The number of hydrogen-bond donors (Lipinski definition) is 2. The maximum Gasteiger partial charge on any atom is 0.328 e. The van der Waals surface area contributed by atoms with E-state index in [2.05, 4.69) is 36.2 Å². The normalized spacial score (nSPS) is 23.0. The lowest BCUT2D eigenvalue weighted by Crippen LogP contribution is -2.51. The summed E-state index contributed by atoms with van der Waals surface area (Å²) in [4.78, 5) is 72.0. The third kappa shape index (κ3) is 7.79. The Hall–Kier alpha value is -5.70. The lowest BCUT2D eigenvalue weighted by molar-refractivity contribution is -0.136. The van der Waals surface area contributed by atoms with Gasteiger partial charge in [0.15, 0.2) is 0 Å². The van der Waals surface area contributed by atoms with E-state index in [9.17, 15) is 24.0 Å². The molecule has 0 radical (unpaired) electrons. The first kappa shape index (κ1) is 37.9. The molecule has 3 aliphatic heterocycles. The van der Waals surface area contributed by atoms with Crippen LogP contribution in [0.25, 0.3) is 10.9 Å². The minimum Gasteiger partial charge on any atom is -0.494 e. The molecule has 2 aromatic carbocycles. The van der Waals surface area contributed by atoms with E-state index < -0.39 is 11.9 Å².